The lowest BCUT2D eigenvalue weighted by molar-refractivity contribution is -0.146. The quantitative estimate of drug-likeness (QED) is 0.371. The molecule has 1 unspecified atom stereocenters. The number of aliphatic imine (C=N–C) groups is 1. The standard InChI is InChI=1S/C28H31NO5S/c1-6-34-28(31)25-16(2)29-21-13-19(18-9-12-23(32-3)24(15-18)33-4)14-22(30)27(21)26(25)17-7-10-20(35-5)11-8-17/h7-12,15,19,25-26H,6,13-14H2,1-5H3/t19-,25?,26-/m0/s1. The third kappa shape index (κ3) is 4.87. The highest BCUT2D eigenvalue weighted by atomic mass is 32.2. The van der Waals surface area contributed by atoms with Crippen LogP contribution in [0.15, 0.2) is 63.6 Å². The summed E-state index contributed by atoms with van der Waals surface area (Å²) in [5.41, 5.74) is 4.02. The SMILES string of the molecule is CCOC(=O)C1C(C)=NC2=C(C(=O)C[C@@H](c3ccc(OC)c(OC)c3)C2)[C@H]1c1ccc(SC)cc1. The Bertz CT molecular complexity index is 1180. The van der Waals surface area contributed by atoms with Gasteiger partial charge in [0.05, 0.1) is 20.8 Å². The van der Waals surface area contributed by atoms with Crippen molar-refractivity contribution in [2.75, 3.05) is 27.1 Å². The van der Waals surface area contributed by atoms with Gasteiger partial charge in [0.1, 0.15) is 5.92 Å². The van der Waals surface area contributed by atoms with E-state index in [1.807, 2.05) is 55.6 Å². The summed E-state index contributed by atoms with van der Waals surface area (Å²) in [6.07, 6.45) is 2.98. The molecule has 35 heavy (non-hydrogen) atoms. The molecule has 0 saturated heterocycles. The van der Waals surface area contributed by atoms with Crippen LogP contribution in [0.5, 0.6) is 11.5 Å². The van der Waals surface area contributed by atoms with E-state index in [1.54, 1.807) is 32.9 Å². The molecule has 2 aromatic carbocycles. The molecule has 0 aromatic heterocycles. The molecular formula is C28H31NO5S. The molecule has 1 aliphatic carbocycles. The van der Waals surface area contributed by atoms with Crippen LogP contribution in [0, 0.1) is 5.92 Å². The Labute approximate surface area is 210 Å². The zero-order chi connectivity index (χ0) is 25.1. The maximum Gasteiger partial charge on any atom is 0.315 e. The van der Waals surface area contributed by atoms with Crippen molar-refractivity contribution in [3.63, 3.8) is 0 Å². The van der Waals surface area contributed by atoms with E-state index in [0.29, 0.717) is 35.6 Å². The minimum Gasteiger partial charge on any atom is -0.493 e. The zero-order valence-corrected chi connectivity index (χ0v) is 21.6. The normalized spacial score (nSPS) is 21.8. The van der Waals surface area contributed by atoms with Crippen molar-refractivity contribution in [3.05, 3.63) is 64.9 Å². The smallest absolute Gasteiger partial charge is 0.315 e. The number of rotatable bonds is 7. The number of methoxy groups -OCH3 is 2. The summed E-state index contributed by atoms with van der Waals surface area (Å²) < 4.78 is 16.3. The number of carbonyl (C=O) groups excluding carboxylic acids is 2. The Morgan fingerprint density at radius 2 is 1.71 bits per heavy atom. The number of Topliss-reactive ketones (excluding diaryl/α,β-unsaturated/α-hetero) is 1. The molecule has 0 bridgehead atoms. The average Bonchev–Trinajstić information content (AvgIpc) is 2.87. The zero-order valence-electron chi connectivity index (χ0n) is 20.8. The van der Waals surface area contributed by atoms with Gasteiger partial charge in [0.25, 0.3) is 0 Å². The van der Waals surface area contributed by atoms with Crippen LogP contribution in [0.4, 0.5) is 0 Å². The fraction of sp³-hybridized carbons (Fsp3) is 0.393. The second-order valence-electron chi connectivity index (χ2n) is 8.74. The largest absolute Gasteiger partial charge is 0.493 e. The van der Waals surface area contributed by atoms with E-state index in [2.05, 4.69) is 0 Å². The number of hydrogen-bond acceptors (Lipinski definition) is 7. The van der Waals surface area contributed by atoms with Gasteiger partial charge < -0.3 is 14.2 Å². The third-order valence-electron chi connectivity index (χ3n) is 6.78. The van der Waals surface area contributed by atoms with Crippen molar-refractivity contribution in [2.24, 2.45) is 10.9 Å². The highest BCUT2D eigenvalue weighted by molar-refractivity contribution is 7.98. The lowest BCUT2D eigenvalue weighted by Gasteiger charge is -2.36. The fourth-order valence-electron chi connectivity index (χ4n) is 5.11. The van der Waals surface area contributed by atoms with Gasteiger partial charge >= 0.3 is 5.97 Å². The average molecular weight is 494 g/mol. The first-order valence-electron chi connectivity index (χ1n) is 11.8. The molecule has 0 spiro atoms. The number of hydrogen-bond donors (Lipinski definition) is 0. The molecule has 2 aromatic rings. The summed E-state index contributed by atoms with van der Waals surface area (Å²) >= 11 is 1.65. The van der Waals surface area contributed by atoms with Gasteiger partial charge in [0, 0.05) is 34.2 Å². The number of allylic oxidation sites excluding steroid dienone is 2. The third-order valence-corrected chi connectivity index (χ3v) is 7.53. The first-order chi connectivity index (χ1) is 16.9. The maximum atomic E-state index is 13.7. The van der Waals surface area contributed by atoms with Crippen LogP contribution in [0.25, 0.3) is 0 Å². The van der Waals surface area contributed by atoms with E-state index < -0.39 is 11.8 Å². The number of carbonyl (C=O) groups is 2. The molecule has 7 heteroatoms. The number of thioether (sulfide) groups is 1. The van der Waals surface area contributed by atoms with Crippen molar-refractivity contribution in [1.82, 2.24) is 0 Å². The monoisotopic (exact) mass is 493 g/mol. The van der Waals surface area contributed by atoms with E-state index in [1.165, 1.54) is 0 Å². The summed E-state index contributed by atoms with van der Waals surface area (Å²) in [6, 6.07) is 13.9. The lowest BCUT2D eigenvalue weighted by Crippen LogP contribution is -2.38. The van der Waals surface area contributed by atoms with Crippen molar-refractivity contribution in [1.29, 1.82) is 0 Å². The second-order valence-corrected chi connectivity index (χ2v) is 9.62. The molecule has 0 amide bonds. The van der Waals surface area contributed by atoms with Crippen LogP contribution in [-0.2, 0) is 14.3 Å². The maximum absolute atomic E-state index is 13.7. The number of nitrogens with zero attached hydrogens (tertiary/aromatic N) is 1. The summed E-state index contributed by atoms with van der Waals surface area (Å²) in [4.78, 5) is 32.7. The molecule has 1 aliphatic heterocycles. The molecule has 1 heterocycles. The van der Waals surface area contributed by atoms with Crippen molar-refractivity contribution in [2.45, 2.75) is 43.4 Å². The van der Waals surface area contributed by atoms with Gasteiger partial charge in [-0.05, 0) is 67.8 Å². The van der Waals surface area contributed by atoms with Gasteiger partial charge in [-0.3, -0.25) is 14.6 Å². The summed E-state index contributed by atoms with van der Waals surface area (Å²) in [7, 11) is 3.20. The topological polar surface area (TPSA) is 74.2 Å². The van der Waals surface area contributed by atoms with Crippen LogP contribution in [0.2, 0.25) is 0 Å². The van der Waals surface area contributed by atoms with Crippen LogP contribution < -0.4 is 9.47 Å². The van der Waals surface area contributed by atoms with Gasteiger partial charge in [-0.15, -0.1) is 11.8 Å². The highest BCUT2D eigenvalue weighted by Crippen LogP contribution is 2.47. The first-order valence-corrected chi connectivity index (χ1v) is 13.0. The van der Waals surface area contributed by atoms with Gasteiger partial charge in [0.2, 0.25) is 0 Å². The summed E-state index contributed by atoms with van der Waals surface area (Å²) in [6.45, 7) is 3.93. The van der Waals surface area contributed by atoms with Crippen molar-refractivity contribution < 1.29 is 23.8 Å². The number of ketones is 1. The predicted molar refractivity (Wildman–Crippen MR) is 138 cm³/mol. The second kappa shape index (κ2) is 10.7. The number of ether oxygens (including phenoxy) is 3. The number of benzene rings is 2. The first kappa shape index (κ1) is 25.0. The molecule has 0 fully saturated rings. The van der Waals surface area contributed by atoms with Crippen LogP contribution >= 0.6 is 11.8 Å². The van der Waals surface area contributed by atoms with E-state index in [0.717, 1.165) is 21.7 Å². The van der Waals surface area contributed by atoms with Crippen molar-refractivity contribution >= 4 is 29.2 Å². The molecule has 0 saturated carbocycles. The van der Waals surface area contributed by atoms with Gasteiger partial charge in [0.15, 0.2) is 17.3 Å². The Morgan fingerprint density at radius 1 is 1.03 bits per heavy atom. The fourth-order valence-corrected chi connectivity index (χ4v) is 5.52. The number of esters is 1. The Hall–Kier alpha value is -3.06. The van der Waals surface area contributed by atoms with Crippen LogP contribution in [0.1, 0.15) is 49.7 Å². The Morgan fingerprint density at radius 3 is 2.34 bits per heavy atom. The van der Waals surface area contributed by atoms with Crippen molar-refractivity contribution in [3.8, 4) is 11.5 Å². The highest BCUT2D eigenvalue weighted by Gasteiger charge is 2.44. The minimum absolute atomic E-state index is 0.0236. The Balaban J connectivity index is 1.77. The van der Waals surface area contributed by atoms with E-state index in [-0.39, 0.29) is 24.3 Å². The molecule has 3 atom stereocenters. The molecule has 184 valence electrons. The molecule has 2 aliphatic rings. The molecule has 0 N–H and O–H groups in total. The lowest BCUT2D eigenvalue weighted by atomic mass is 9.69. The molecule has 4 rings (SSSR count). The van der Waals surface area contributed by atoms with Gasteiger partial charge in [-0.25, -0.2) is 0 Å². The van der Waals surface area contributed by atoms with E-state index in [4.69, 9.17) is 19.2 Å². The summed E-state index contributed by atoms with van der Waals surface area (Å²) in [5, 5.41) is 0. The van der Waals surface area contributed by atoms with Crippen LogP contribution in [0.3, 0.4) is 0 Å². The minimum atomic E-state index is -0.615. The molecule has 0 radical (unpaired) electrons. The predicted octanol–water partition coefficient (Wildman–Crippen LogP) is 5.56. The Kier molecular flexibility index (Phi) is 7.65. The molecule has 6 nitrogen and oxygen atoms in total. The van der Waals surface area contributed by atoms with E-state index >= 15 is 0 Å². The molecular weight excluding hydrogens is 462 g/mol. The van der Waals surface area contributed by atoms with Gasteiger partial charge in [-0.1, -0.05) is 18.2 Å². The van der Waals surface area contributed by atoms with E-state index in [9.17, 15) is 9.59 Å². The summed E-state index contributed by atoms with van der Waals surface area (Å²) in [5.74, 6) is -0.0851. The van der Waals surface area contributed by atoms with Gasteiger partial charge in [-0.2, -0.15) is 0 Å². The van der Waals surface area contributed by atoms with Crippen LogP contribution in [-0.4, -0.2) is 44.5 Å².